The number of alkyl halides is 3. The Labute approximate surface area is 160 Å². The van der Waals surface area contributed by atoms with Gasteiger partial charge >= 0.3 is 12.2 Å². The minimum absolute atomic E-state index is 0.0406. The molecule has 3 aliphatic heterocycles. The maximum Gasteiger partial charge on any atom is 0.393 e. The number of halogens is 3. The van der Waals surface area contributed by atoms with Crippen LogP contribution in [0.1, 0.15) is 23.5 Å². The van der Waals surface area contributed by atoms with Crippen molar-refractivity contribution in [1.82, 2.24) is 15.1 Å². The van der Waals surface area contributed by atoms with E-state index >= 15 is 0 Å². The standard InChI is InChI=1S/C19H22F3N3O3/c20-19(21,22)7-12-1-3-13(4-2-12)14-8-25(9-14)18(27)24-6-5-16-15(10-24)23-17(26)11-28-16/h1-4,14-16H,5-11H2,(H,23,26)/t15-,16?/m1/s1. The lowest BCUT2D eigenvalue weighted by Crippen LogP contribution is -2.63. The summed E-state index contributed by atoms with van der Waals surface area (Å²) in [6.45, 7) is 2.19. The number of ether oxygens (including phenoxy) is 1. The van der Waals surface area contributed by atoms with Gasteiger partial charge < -0.3 is 19.9 Å². The van der Waals surface area contributed by atoms with Gasteiger partial charge in [0.1, 0.15) is 6.61 Å². The predicted octanol–water partition coefficient (Wildman–Crippen LogP) is 1.90. The Bertz CT molecular complexity index is 747. The quantitative estimate of drug-likeness (QED) is 0.829. The number of nitrogens with zero attached hydrogens (tertiary/aromatic N) is 2. The lowest BCUT2D eigenvalue weighted by Gasteiger charge is -2.46. The first-order valence-corrected chi connectivity index (χ1v) is 9.39. The molecule has 28 heavy (non-hydrogen) atoms. The first-order valence-electron chi connectivity index (χ1n) is 9.39. The Kier molecular flexibility index (Phi) is 4.95. The zero-order valence-corrected chi connectivity index (χ0v) is 15.2. The second-order valence-electron chi connectivity index (χ2n) is 7.68. The van der Waals surface area contributed by atoms with Gasteiger partial charge in [0.05, 0.1) is 18.6 Å². The Morgan fingerprint density at radius 2 is 1.86 bits per heavy atom. The van der Waals surface area contributed by atoms with E-state index in [0.717, 1.165) is 5.56 Å². The molecule has 1 unspecified atom stereocenters. The van der Waals surface area contributed by atoms with Gasteiger partial charge in [-0.15, -0.1) is 0 Å². The van der Waals surface area contributed by atoms with Gasteiger partial charge in [0.25, 0.3) is 0 Å². The van der Waals surface area contributed by atoms with Crippen molar-refractivity contribution in [3.63, 3.8) is 0 Å². The molecule has 0 aliphatic carbocycles. The number of carbonyl (C=O) groups excluding carboxylic acids is 2. The Balaban J connectivity index is 1.29. The van der Waals surface area contributed by atoms with E-state index in [9.17, 15) is 22.8 Å². The molecule has 3 amide bonds. The second kappa shape index (κ2) is 7.27. The predicted molar refractivity (Wildman–Crippen MR) is 93.8 cm³/mol. The van der Waals surface area contributed by atoms with Crippen molar-refractivity contribution in [2.75, 3.05) is 32.8 Å². The van der Waals surface area contributed by atoms with Gasteiger partial charge in [-0.25, -0.2) is 4.79 Å². The van der Waals surface area contributed by atoms with E-state index < -0.39 is 12.6 Å². The molecule has 1 N–H and O–H groups in total. The van der Waals surface area contributed by atoms with Crippen molar-refractivity contribution in [3.05, 3.63) is 35.4 Å². The summed E-state index contributed by atoms with van der Waals surface area (Å²) in [4.78, 5) is 27.7. The number of rotatable bonds is 2. The summed E-state index contributed by atoms with van der Waals surface area (Å²) in [5.41, 5.74) is 1.18. The summed E-state index contributed by atoms with van der Waals surface area (Å²) < 4.78 is 42.8. The Morgan fingerprint density at radius 1 is 1.14 bits per heavy atom. The van der Waals surface area contributed by atoms with E-state index in [-0.39, 0.29) is 42.2 Å². The van der Waals surface area contributed by atoms with Crippen LogP contribution >= 0.6 is 0 Å². The number of amides is 3. The number of likely N-dealkylation sites (tertiary alicyclic amines) is 2. The van der Waals surface area contributed by atoms with Crippen molar-refractivity contribution in [1.29, 1.82) is 0 Å². The highest BCUT2D eigenvalue weighted by molar-refractivity contribution is 5.79. The molecule has 152 valence electrons. The molecule has 2 atom stereocenters. The van der Waals surface area contributed by atoms with Crippen molar-refractivity contribution in [2.24, 2.45) is 0 Å². The van der Waals surface area contributed by atoms with Crippen LogP contribution in [-0.4, -0.2) is 72.8 Å². The van der Waals surface area contributed by atoms with Crippen LogP contribution < -0.4 is 5.32 Å². The second-order valence-corrected chi connectivity index (χ2v) is 7.68. The molecule has 1 aromatic rings. The number of carbonyl (C=O) groups is 2. The molecule has 6 nitrogen and oxygen atoms in total. The van der Waals surface area contributed by atoms with Gasteiger partial charge in [0, 0.05) is 32.1 Å². The van der Waals surface area contributed by atoms with Crippen LogP contribution in [0.25, 0.3) is 0 Å². The number of piperidine rings is 1. The third-order valence-electron chi connectivity index (χ3n) is 5.60. The molecule has 1 aromatic carbocycles. The van der Waals surface area contributed by atoms with Crippen LogP contribution in [0.2, 0.25) is 0 Å². The van der Waals surface area contributed by atoms with E-state index in [2.05, 4.69) is 5.32 Å². The molecule has 4 rings (SSSR count). The van der Waals surface area contributed by atoms with Gasteiger partial charge in [-0.3, -0.25) is 4.79 Å². The molecule has 0 saturated carbocycles. The van der Waals surface area contributed by atoms with Crippen LogP contribution in [-0.2, 0) is 16.0 Å². The smallest absolute Gasteiger partial charge is 0.366 e. The van der Waals surface area contributed by atoms with E-state index in [1.165, 1.54) is 12.1 Å². The first-order chi connectivity index (χ1) is 13.3. The lowest BCUT2D eigenvalue weighted by atomic mass is 9.90. The topological polar surface area (TPSA) is 61.9 Å². The summed E-state index contributed by atoms with van der Waals surface area (Å²) in [7, 11) is 0. The average Bonchev–Trinajstić information content (AvgIpc) is 2.60. The van der Waals surface area contributed by atoms with Crippen molar-refractivity contribution < 1.29 is 27.5 Å². The summed E-state index contributed by atoms with van der Waals surface area (Å²) in [5.74, 6) is -0.0207. The van der Waals surface area contributed by atoms with Crippen molar-refractivity contribution >= 4 is 11.9 Å². The first kappa shape index (κ1) is 19.0. The van der Waals surface area contributed by atoms with Crippen LogP contribution in [0.3, 0.4) is 0 Å². The number of urea groups is 1. The fraction of sp³-hybridized carbons (Fsp3) is 0.579. The molecule has 3 heterocycles. The highest BCUT2D eigenvalue weighted by Crippen LogP contribution is 2.30. The Morgan fingerprint density at radius 3 is 2.54 bits per heavy atom. The van der Waals surface area contributed by atoms with Crippen molar-refractivity contribution in [2.45, 2.75) is 37.1 Å². The number of hydrogen-bond donors (Lipinski definition) is 1. The van der Waals surface area contributed by atoms with Gasteiger partial charge in [-0.05, 0) is 17.5 Å². The molecule has 0 radical (unpaired) electrons. The van der Waals surface area contributed by atoms with E-state index in [1.807, 2.05) is 0 Å². The molecule has 0 bridgehead atoms. The summed E-state index contributed by atoms with van der Waals surface area (Å²) in [5, 5.41) is 2.88. The maximum atomic E-state index is 12.7. The Hall–Kier alpha value is -2.29. The third-order valence-corrected chi connectivity index (χ3v) is 5.60. The van der Waals surface area contributed by atoms with E-state index in [4.69, 9.17) is 4.74 Å². The molecular weight excluding hydrogens is 375 g/mol. The largest absolute Gasteiger partial charge is 0.393 e. The van der Waals surface area contributed by atoms with Gasteiger partial charge in [0.2, 0.25) is 5.91 Å². The van der Waals surface area contributed by atoms with Crippen LogP contribution in [0.5, 0.6) is 0 Å². The zero-order valence-electron chi connectivity index (χ0n) is 15.2. The number of benzene rings is 1. The van der Waals surface area contributed by atoms with Crippen LogP contribution in [0.4, 0.5) is 18.0 Å². The zero-order chi connectivity index (χ0) is 19.9. The minimum atomic E-state index is -4.21. The number of nitrogens with one attached hydrogen (secondary N) is 1. The van der Waals surface area contributed by atoms with Gasteiger partial charge in [0.15, 0.2) is 0 Å². The fourth-order valence-corrected chi connectivity index (χ4v) is 4.06. The minimum Gasteiger partial charge on any atom is -0.366 e. The monoisotopic (exact) mass is 397 g/mol. The molecule has 9 heteroatoms. The highest BCUT2D eigenvalue weighted by Gasteiger charge is 2.40. The average molecular weight is 397 g/mol. The normalized spacial score (nSPS) is 25.8. The van der Waals surface area contributed by atoms with Crippen LogP contribution in [0.15, 0.2) is 24.3 Å². The van der Waals surface area contributed by atoms with Crippen molar-refractivity contribution in [3.8, 4) is 0 Å². The summed E-state index contributed by atoms with van der Waals surface area (Å²) in [6, 6.07) is 6.20. The summed E-state index contributed by atoms with van der Waals surface area (Å²) >= 11 is 0. The number of morpholine rings is 1. The van der Waals surface area contributed by atoms with Gasteiger partial charge in [-0.1, -0.05) is 24.3 Å². The molecule has 3 fully saturated rings. The van der Waals surface area contributed by atoms with Gasteiger partial charge in [-0.2, -0.15) is 13.2 Å². The molecule has 0 aromatic heterocycles. The maximum absolute atomic E-state index is 12.7. The molecule has 3 aliphatic rings. The summed E-state index contributed by atoms with van der Waals surface area (Å²) in [6.07, 6.45) is -4.49. The fourth-order valence-electron chi connectivity index (χ4n) is 4.06. The van der Waals surface area contributed by atoms with E-state index in [1.54, 1.807) is 21.9 Å². The molecular formula is C19H22F3N3O3. The number of hydrogen-bond acceptors (Lipinski definition) is 3. The number of fused-ring (bicyclic) bond motifs is 1. The molecule has 0 spiro atoms. The molecule has 3 saturated heterocycles. The lowest BCUT2D eigenvalue weighted by molar-refractivity contribution is -0.139. The van der Waals surface area contributed by atoms with E-state index in [0.29, 0.717) is 32.6 Å². The third kappa shape index (κ3) is 4.09. The van der Waals surface area contributed by atoms with Crippen LogP contribution in [0, 0.1) is 0 Å². The highest BCUT2D eigenvalue weighted by atomic mass is 19.4. The SMILES string of the molecule is O=C1COC2CCN(C(=O)N3CC(c4ccc(CC(F)(F)F)cc4)C3)C[C@H]2N1.